The first-order valence-corrected chi connectivity index (χ1v) is 7.65. The number of amides is 1. The lowest BCUT2D eigenvalue weighted by Crippen LogP contribution is -2.34. The van der Waals surface area contributed by atoms with Gasteiger partial charge >= 0.3 is 6.18 Å². The summed E-state index contributed by atoms with van der Waals surface area (Å²) < 4.78 is 44.7. The summed E-state index contributed by atoms with van der Waals surface area (Å²) in [6.45, 7) is 1.51. The molecule has 1 aromatic heterocycles. The lowest BCUT2D eigenvalue weighted by atomic mass is 9.99. The molecule has 0 unspecified atom stereocenters. The molecule has 5 nitrogen and oxygen atoms in total. The molecular formula is C15H18F3N3O2. The van der Waals surface area contributed by atoms with Crippen molar-refractivity contribution in [2.45, 2.75) is 38.4 Å². The molecule has 1 N–H and O–H groups in total. The highest BCUT2D eigenvalue weighted by molar-refractivity contribution is 5.93. The number of alkyl halides is 3. The number of aryl methyl sites for hydroxylation is 1. The highest BCUT2D eigenvalue weighted by Gasteiger charge is 2.35. The number of halogens is 3. The van der Waals surface area contributed by atoms with E-state index in [1.807, 2.05) is 0 Å². The summed E-state index contributed by atoms with van der Waals surface area (Å²) in [6.07, 6.45) is 0.844. The quantitative estimate of drug-likeness (QED) is 0.926. The van der Waals surface area contributed by atoms with Crippen molar-refractivity contribution in [3.8, 4) is 0 Å². The van der Waals surface area contributed by atoms with Gasteiger partial charge in [-0.15, -0.1) is 0 Å². The molecule has 2 aliphatic rings. The van der Waals surface area contributed by atoms with Crippen LogP contribution in [0.1, 0.15) is 30.8 Å². The van der Waals surface area contributed by atoms with Crippen LogP contribution in [0.3, 0.4) is 0 Å². The van der Waals surface area contributed by atoms with E-state index in [-0.39, 0.29) is 11.8 Å². The predicted molar refractivity (Wildman–Crippen MR) is 75.3 cm³/mol. The third kappa shape index (κ3) is 3.68. The molecule has 1 atom stereocenters. The van der Waals surface area contributed by atoms with Gasteiger partial charge in [0.15, 0.2) is 5.69 Å². The van der Waals surface area contributed by atoms with Crippen LogP contribution in [-0.4, -0.2) is 28.6 Å². The Labute approximate surface area is 131 Å². The van der Waals surface area contributed by atoms with Crippen LogP contribution < -0.4 is 5.32 Å². The third-order valence-corrected chi connectivity index (χ3v) is 4.16. The molecular weight excluding hydrogens is 311 g/mol. The minimum atomic E-state index is -4.42. The molecule has 0 saturated heterocycles. The Morgan fingerprint density at radius 3 is 2.96 bits per heavy atom. The van der Waals surface area contributed by atoms with E-state index in [0.717, 1.165) is 12.6 Å². The molecule has 126 valence electrons. The number of hydrogen-bond donors (Lipinski definition) is 1. The maximum Gasteiger partial charge on any atom is 0.434 e. The van der Waals surface area contributed by atoms with Crippen molar-refractivity contribution in [2.24, 2.45) is 5.92 Å². The fraction of sp³-hybridized carbons (Fsp3) is 0.600. The first-order valence-electron chi connectivity index (χ1n) is 7.65. The molecule has 8 heteroatoms. The summed E-state index contributed by atoms with van der Waals surface area (Å²) in [4.78, 5) is 15.6. The van der Waals surface area contributed by atoms with Crippen LogP contribution in [-0.2, 0) is 28.7 Å². The van der Waals surface area contributed by atoms with Crippen LogP contribution in [0.25, 0.3) is 0 Å². The molecule has 0 bridgehead atoms. The maximum atomic E-state index is 12.7. The van der Waals surface area contributed by atoms with Crippen LogP contribution in [0.15, 0.2) is 18.0 Å². The summed E-state index contributed by atoms with van der Waals surface area (Å²) in [6, 6.07) is 0. The Morgan fingerprint density at radius 1 is 1.43 bits per heavy atom. The highest BCUT2D eigenvalue weighted by Crippen LogP contribution is 2.30. The second kappa shape index (κ2) is 6.25. The molecule has 1 aromatic rings. The van der Waals surface area contributed by atoms with E-state index >= 15 is 0 Å². The minimum absolute atomic E-state index is 0.104. The molecule has 1 amide bonds. The normalized spacial score (nSPS) is 21.2. The highest BCUT2D eigenvalue weighted by atomic mass is 19.4. The first-order chi connectivity index (χ1) is 10.9. The van der Waals surface area contributed by atoms with Crippen LogP contribution >= 0.6 is 0 Å². The number of aromatic nitrogens is 2. The zero-order chi connectivity index (χ0) is 16.4. The lowest BCUT2D eigenvalue weighted by Gasteiger charge is -2.24. The van der Waals surface area contributed by atoms with Gasteiger partial charge in [-0.05, 0) is 25.2 Å². The summed E-state index contributed by atoms with van der Waals surface area (Å²) in [5.74, 6) is 0.409. The van der Waals surface area contributed by atoms with Gasteiger partial charge in [0, 0.05) is 25.7 Å². The van der Waals surface area contributed by atoms with Gasteiger partial charge in [-0.25, -0.2) is 4.98 Å². The standard InChI is InChI=1S/C15H18F3N3O2/c16-15(17,18)12-8-21-7-10(3-4-13(21)20-12)6-19-14(22)11-2-1-5-23-9-11/h8-10H,1-7H2,(H,19,22)/t10-/m1/s1. The number of nitrogens with zero attached hydrogens (tertiary/aromatic N) is 2. The van der Waals surface area contributed by atoms with Crippen molar-refractivity contribution in [3.05, 3.63) is 29.6 Å². The van der Waals surface area contributed by atoms with E-state index < -0.39 is 11.9 Å². The second-order valence-corrected chi connectivity index (χ2v) is 5.92. The van der Waals surface area contributed by atoms with Gasteiger partial charge in [0.25, 0.3) is 0 Å². The molecule has 0 saturated carbocycles. The maximum absolute atomic E-state index is 12.7. The van der Waals surface area contributed by atoms with E-state index in [4.69, 9.17) is 4.74 Å². The van der Waals surface area contributed by atoms with E-state index in [1.54, 1.807) is 4.57 Å². The monoisotopic (exact) mass is 329 g/mol. The summed E-state index contributed by atoms with van der Waals surface area (Å²) >= 11 is 0. The molecule has 0 radical (unpaired) electrons. The van der Waals surface area contributed by atoms with Gasteiger partial charge < -0.3 is 14.6 Å². The number of rotatable bonds is 3. The Morgan fingerprint density at radius 2 is 2.26 bits per heavy atom. The Balaban J connectivity index is 1.56. The van der Waals surface area contributed by atoms with Crippen molar-refractivity contribution in [3.63, 3.8) is 0 Å². The zero-order valence-electron chi connectivity index (χ0n) is 12.5. The lowest BCUT2D eigenvalue weighted by molar-refractivity contribution is -0.141. The SMILES string of the molecule is O=C(NC[C@H]1CCc2nc(C(F)(F)F)cn2C1)C1=COCCC1. The van der Waals surface area contributed by atoms with Crippen molar-refractivity contribution >= 4 is 5.91 Å². The number of imidazole rings is 1. The molecule has 2 aliphatic heterocycles. The molecule has 0 fully saturated rings. The van der Waals surface area contributed by atoms with Crippen LogP contribution in [0.5, 0.6) is 0 Å². The fourth-order valence-electron chi connectivity index (χ4n) is 2.90. The van der Waals surface area contributed by atoms with Crippen molar-refractivity contribution in [1.82, 2.24) is 14.9 Å². The van der Waals surface area contributed by atoms with Gasteiger partial charge in [0.1, 0.15) is 5.82 Å². The summed E-state index contributed by atoms with van der Waals surface area (Å²) in [5, 5.41) is 2.85. The van der Waals surface area contributed by atoms with Crippen LogP contribution in [0.2, 0.25) is 0 Å². The van der Waals surface area contributed by atoms with E-state index in [1.165, 1.54) is 6.26 Å². The minimum Gasteiger partial charge on any atom is -0.501 e. The number of carbonyl (C=O) groups is 1. The third-order valence-electron chi connectivity index (χ3n) is 4.16. The summed E-state index contributed by atoms with van der Waals surface area (Å²) in [7, 11) is 0. The van der Waals surface area contributed by atoms with Gasteiger partial charge in [0.05, 0.1) is 18.4 Å². The Bertz CT molecular complexity index is 622. The van der Waals surface area contributed by atoms with E-state index in [2.05, 4.69) is 10.3 Å². The number of fused-ring (bicyclic) bond motifs is 1. The topological polar surface area (TPSA) is 56.2 Å². The van der Waals surface area contributed by atoms with E-state index in [9.17, 15) is 18.0 Å². The van der Waals surface area contributed by atoms with Gasteiger partial charge in [-0.2, -0.15) is 13.2 Å². The fourth-order valence-corrected chi connectivity index (χ4v) is 2.90. The van der Waals surface area contributed by atoms with Gasteiger partial charge in [-0.1, -0.05) is 0 Å². The molecule has 0 spiro atoms. The number of carbonyl (C=O) groups excluding carboxylic acids is 1. The van der Waals surface area contributed by atoms with Crippen molar-refractivity contribution < 1.29 is 22.7 Å². The molecule has 3 rings (SSSR count). The zero-order valence-corrected chi connectivity index (χ0v) is 12.5. The molecule has 0 aromatic carbocycles. The molecule has 0 aliphatic carbocycles. The van der Waals surface area contributed by atoms with Gasteiger partial charge in [-0.3, -0.25) is 4.79 Å². The Hall–Kier alpha value is -1.99. The largest absolute Gasteiger partial charge is 0.501 e. The number of nitrogens with one attached hydrogen (secondary N) is 1. The molecule has 3 heterocycles. The first kappa shape index (κ1) is 15.9. The average Bonchev–Trinajstić information content (AvgIpc) is 2.97. The summed E-state index contributed by atoms with van der Waals surface area (Å²) in [5.41, 5.74) is -0.226. The van der Waals surface area contributed by atoms with Crippen LogP contribution in [0, 0.1) is 5.92 Å². The second-order valence-electron chi connectivity index (χ2n) is 5.92. The van der Waals surface area contributed by atoms with Crippen LogP contribution in [0.4, 0.5) is 13.2 Å². The van der Waals surface area contributed by atoms with E-state index in [0.29, 0.717) is 50.4 Å². The van der Waals surface area contributed by atoms with Gasteiger partial charge in [0.2, 0.25) is 5.91 Å². The molecule has 23 heavy (non-hydrogen) atoms. The smallest absolute Gasteiger partial charge is 0.434 e. The average molecular weight is 329 g/mol. The predicted octanol–water partition coefficient (Wildman–Crippen LogP) is 2.27. The number of ether oxygens (including phenoxy) is 1. The van der Waals surface area contributed by atoms with Crippen molar-refractivity contribution in [2.75, 3.05) is 13.2 Å². The number of hydrogen-bond acceptors (Lipinski definition) is 3. The van der Waals surface area contributed by atoms with Crippen molar-refractivity contribution in [1.29, 1.82) is 0 Å². The Kier molecular flexibility index (Phi) is 4.32.